The molecule has 5 nitrogen and oxygen atoms in total. The number of hydrogen-bond acceptors (Lipinski definition) is 4. The van der Waals surface area contributed by atoms with Gasteiger partial charge in [-0.05, 0) is 31.0 Å². The second-order valence-electron chi connectivity index (χ2n) is 5.02. The van der Waals surface area contributed by atoms with Crippen molar-refractivity contribution in [2.24, 2.45) is 10.1 Å². The quantitative estimate of drug-likeness (QED) is 0.889. The van der Waals surface area contributed by atoms with Crippen LogP contribution in [0.25, 0.3) is 0 Å². The minimum absolute atomic E-state index is 0.126. The normalized spacial score (nSPS) is 25.4. The zero-order chi connectivity index (χ0) is 14.8. The van der Waals surface area contributed by atoms with E-state index in [-0.39, 0.29) is 4.90 Å². The van der Waals surface area contributed by atoms with E-state index in [4.69, 9.17) is 5.14 Å². The number of aliphatic imine (C=N–C) groups is 1. The monoisotopic (exact) mass is 313 g/mol. The molecular weight excluding hydrogens is 294 g/mol. The topological polar surface area (TPSA) is 84.5 Å². The lowest BCUT2D eigenvalue weighted by Crippen LogP contribution is -2.38. The number of primary sulfonamides is 1. The van der Waals surface area contributed by atoms with Crippen molar-refractivity contribution >= 4 is 27.0 Å². The van der Waals surface area contributed by atoms with Crippen molar-refractivity contribution in [3.8, 4) is 0 Å². The summed E-state index contributed by atoms with van der Waals surface area (Å²) in [6.45, 7) is 4.87. The summed E-state index contributed by atoms with van der Waals surface area (Å²) < 4.78 is 22.3. The first-order chi connectivity index (χ1) is 9.34. The van der Waals surface area contributed by atoms with Crippen LogP contribution in [-0.4, -0.2) is 24.9 Å². The molecule has 0 amide bonds. The summed E-state index contributed by atoms with van der Waals surface area (Å²) in [5.74, 6) is 0. The molecule has 3 N–H and O–H groups in total. The molecule has 0 radical (unpaired) electrons. The second-order valence-corrected chi connectivity index (χ2v) is 8.01. The van der Waals surface area contributed by atoms with Gasteiger partial charge in [-0.2, -0.15) is 0 Å². The fourth-order valence-electron chi connectivity index (χ4n) is 2.07. The first-order valence-electron chi connectivity index (χ1n) is 6.44. The first kappa shape index (κ1) is 15.3. The summed E-state index contributed by atoms with van der Waals surface area (Å²) >= 11 is 1.74. The third-order valence-corrected chi connectivity index (χ3v) is 5.02. The number of sulfonamides is 1. The zero-order valence-corrected chi connectivity index (χ0v) is 13.2. The van der Waals surface area contributed by atoms with Crippen molar-refractivity contribution in [3.63, 3.8) is 0 Å². The van der Waals surface area contributed by atoms with Crippen molar-refractivity contribution in [1.29, 1.82) is 0 Å². The number of amidine groups is 1. The summed E-state index contributed by atoms with van der Waals surface area (Å²) in [5.41, 5.74) is 0.957. The first-order valence-corrected chi connectivity index (χ1v) is 8.86. The van der Waals surface area contributed by atoms with Gasteiger partial charge in [0.15, 0.2) is 5.17 Å². The number of nitrogens with zero attached hydrogens (tertiary/aromatic N) is 1. The molecule has 0 saturated carbocycles. The van der Waals surface area contributed by atoms with Crippen LogP contribution in [0.3, 0.4) is 0 Å². The molecule has 2 unspecified atom stereocenters. The average Bonchev–Trinajstić information content (AvgIpc) is 2.35. The Balaban J connectivity index is 2.04. The molecular formula is C13H19N3O2S2. The van der Waals surface area contributed by atoms with Gasteiger partial charge in [0.2, 0.25) is 10.0 Å². The molecule has 7 heteroatoms. The van der Waals surface area contributed by atoms with Crippen molar-refractivity contribution in [2.75, 3.05) is 0 Å². The van der Waals surface area contributed by atoms with Crippen molar-refractivity contribution in [3.05, 3.63) is 29.8 Å². The maximum absolute atomic E-state index is 11.2. The molecule has 0 bridgehead atoms. The Morgan fingerprint density at radius 1 is 1.35 bits per heavy atom. The number of benzene rings is 1. The molecule has 1 aromatic carbocycles. The van der Waals surface area contributed by atoms with Gasteiger partial charge in [-0.15, -0.1) is 0 Å². The van der Waals surface area contributed by atoms with Crippen LogP contribution in [0.2, 0.25) is 0 Å². The molecule has 0 spiro atoms. The Kier molecular flexibility index (Phi) is 4.72. The van der Waals surface area contributed by atoms with E-state index in [1.54, 1.807) is 23.9 Å². The molecule has 1 fully saturated rings. The van der Waals surface area contributed by atoms with Crippen LogP contribution in [0.5, 0.6) is 0 Å². The highest BCUT2D eigenvalue weighted by molar-refractivity contribution is 8.14. The maximum atomic E-state index is 11.2. The minimum atomic E-state index is -3.62. The van der Waals surface area contributed by atoms with Crippen LogP contribution in [0.15, 0.2) is 34.2 Å². The Morgan fingerprint density at radius 2 is 2.00 bits per heavy atom. The molecule has 2 rings (SSSR count). The van der Waals surface area contributed by atoms with Gasteiger partial charge in [0, 0.05) is 11.3 Å². The predicted molar refractivity (Wildman–Crippen MR) is 83.2 cm³/mol. The van der Waals surface area contributed by atoms with Crippen LogP contribution < -0.4 is 10.5 Å². The summed E-state index contributed by atoms with van der Waals surface area (Å²) in [6.07, 6.45) is 1.13. The lowest BCUT2D eigenvalue weighted by molar-refractivity contribution is 0.596. The summed E-state index contributed by atoms with van der Waals surface area (Å²) in [7, 11) is -3.62. The second kappa shape index (κ2) is 6.15. The molecule has 1 aliphatic rings. The highest BCUT2D eigenvalue weighted by Gasteiger charge is 2.19. The summed E-state index contributed by atoms with van der Waals surface area (Å²) in [6, 6.07) is 6.94. The fraction of sp³-hybridized carbons (Fsp3) is 0.462. The van der Waals surface area contributed by atoms with Crippen LogP contribution in [-0.2, 0) is 16.6 Å². The van der Waals surface area contributed by atoms with Gasteiger partial charge in [-0.25, -0.2) is 13.6 Å². The molecule has 0 aliphatic carbocycles. The van der Waals surface area contributed by atoms with Gasteiger partial charge in [0.05, 0.1) is 11.4 Å². The molecule has 1 heterocycles. The van der Waals surface area contributed by atoms with Crippen molar-refractivity contribution in [1.82, 2.24) is 5.32 Å². The van der Waals surface area contributed by atoms with Gasteiger partial charge < -0.3 is 5.32 Å². The highest BCUT2D eigenvalue weighted by atomic mass is 32.2. The molecule has 1 aromatic rings. The lowest BCUT2D eigenvalue weighted by atomic mass is 10.2. The SMILES string of the molecule is CC1CC(C)SC(=NCc2ccc(S(N)(=O)=O)cc2)N1. The Hall–Kier alpha value is -1.05. The smallest absolute Gasteiger partial charge is 0.238 e. The van der Waals surface area contributed by atoms with Gasteiger partial charge >= 0.3 is 0 Å². The van der Waals surface area contributed by atoms with Crippen molar-refractivity contribution < 1.29 is 8.42 Å². The highest BCUT2D eigenvalue weighted by Crippen LogP contribution is 2.22. The molecule has 1 aliphatic heterocycles. The lowest BCUT2D eigenvalue weighted by Gasteiger charge is -2.26. The van der Waals surface area contributed by atoms with E-state index < -0.39 is 10.0 Å². The van der Waals surface area contributed by atoms with Gasteiger partial charge in [-0.3, -0.25) is 4.99 Å². The molecule has 2 atom stereocenters. The number of rotatable bonds is 3. The van der Waals surface area contributed by atoms with Crippen molar-refractivity contribution in [2.45, 2.75) is 43.0 Å². The number of nitrogens with one attached hydrogen (secondary N) is 1. The summed E-state index contributed by atoms with van der Waals surface area (Å²) in [5, 5.41) is 9.92. The van der Waals surface area contributed by atoms with E-state index >= 15 is 0 Å². The average molecular weight is 313 g/mol. The molecule has 1 saturated heterocycles. The van der Waals surface area contributed by atoms with E-state index in [1.807, 2.05) is 0 Å². The predicted octanol–water partition coefficient (Wildman–Crippen LogP) is 1.69. The van der Waals surface area contributed by atoms with E-state index in [9.17, 15) is 8.42 Å². The third kappa shape index (κ3) is 4.22. The molecule has 110 valence electrons. The Morgan fingerprint density at radius 3 is 2.55 bits per heavy atom. The molecule has 0 aromatic heterocycles. The van der Waals surface area contributed by atoms with Crippen LogP contribution >= 0.6 is 11.8 Å². The number of hydrogen-bond donors (Lipinski definition) is 2. The summed E-state index contributed by atoms with van der Waals surface area (Å²) in [4.78, 5) is 4.66. The van der Waals surface area contributed by atoms with E-state index in [0.717, 1.165) is 17.2 Å². The number of nitrogens with two attached hydrogens (primary N) is 1. The standard InChI is InChI=1S/C13H19N3O2S2/c1-9-7-10(2)19-13(16-9)15-8-11-3-5-12(6-4-11)20(14,17)18/h3-6,9-10H,7-8H2,1-2H3,(H,15,16)(H2,14,17,18). The zero-order valence-electron chi connectivity index (χ0n) is 11.5. The third-order valence-electron chi connectivity index (χ3n) is 3.03. The number of thioether (sulfide) groups is 1. The van der Waals surface area contributed by atoms with E-state index in [0.29, 0.717) is 17.8 Å². The van der Waals surface area contributed by atoms with Crippen LogP contribution in [0.4, 0.5) is 0 Å². The van der Waals surface area contributed by atoms with Crippen LogP contribution in [0, 0.1) is 0 Å². The van der Waals surface area contributed by atoms with Crippen LogP contribution in [0.1, 0.15) is 25.8 Å². The Bertz CT molecular complexity index is 585. The Labute approximate surface area is 124 Å². The molecule has 20 heavy (non-hydrogen) atoms. The largest absolute Gasteiger partial charge is 0.362 e. The minimum Gasteiger partial charge on any atom is -0.362 e. The van der Waals surface area contributed by atoms with Gasteiger partial charge in [-0.1, -0.05) is 30.8 Å². The van der Waals surface area contributed by atoms with Gasteiger partial charge in [0.1, 0.15) is 0 Å². The van der Waals surface area contributed by atoms with E-state index in [1.165, 1.54) is 12.1 Å². The van der Waals surface area contributed by atoms with Gasteiger partial charge in [0.25, 0.3) is 0 Å². The maximum Gasteiger partial charge on any atom is 0.238 e. The fourth-order valence-corrected chi connectivity index (χ4v) is 3.76. The van der Waals surface area contributed by atoms with E-state index in [2.05, 4.69) is 24.2 Å².